The first-order valence-corrected chi connectivity index (χ1v) is 10.3. The lowest BCUT2D eigenvalue weighted by molar-refractivity contribution is 0.103. The topological polar surface area (TPSA) is 58.6 Å². The number of phenols is 1. The van der Waals surface area contributed by atoms with Crippen molar-refractivity contribution in [3.8, 4) is 11.5 Å². The van der Waals surface area contributed by atoms with Crippen molar-refractivity contribution in [1.29, 1.82) is 0 Å². The molecule has 5 heteroatoms. The standard InChI is InChI=1S/C22H23NO3S/c1-2-26-21-19-16(17-10-6-7-11-23-17)12-15(24)13-18(19)27-22(21)20(25)14-8-4-3-5-9-14/h3-5,8-9,12-13,17,23-24H,2,6-7,10-11H2,1H3. The Morgan fingerprint density at radius 2 is 2.07 bits per heavy atom. The number of aromatic hydroxyl groups is 1. The van der Waals surface area contributed by atoms with Crippen LogP contribution >= 0.6 is 11.3 Å². The molecule has 0 spiro atoms. The number of fused-ring (bicyclic) bond motifs is 1. The number of carbonyl (C=O) groups excluding carboxylic acids is 1. The monoisotopic (exact) mass is 381 g/mol. The van der Waals surface area contributed by atoms with Crippen LogP contribution in [-0.2, 0) is 0 Å². The van der Waals surface area contributed by atoms with Gasteiger partial charge in [0.15, 0.2) is 0 Å². The molecule has 1 unspecified atom stereocenters. The third-order valence-corrected chi connectivity index (χ3v) is 6.10. The molecular formula is C22H23NO3S. The Bertz CT molecular complexity index is 959. The summed E-state index contributed by atoms with van der Waals surface area (Å²) in [5.74, 6) is 0.837. The highest BCUT2D eigenvalue weighted by Crippen LogP contribution is 2.45. The van der Waals surface area contributed by atoms with Crippen LogP contribution in [-0.4, -0.2) is 24.0 Å². The maximum atomic E-state index is 13.1. The molecule has 4 rings (SSSR count). The fourth-order valence-electron chi connectivity index (χ4n) is 3.76. The van der Waals surface area contributed by atoms with Gasteiger partial charge in [-0.3, -0.25) is 4.79 Å². The van der Waals surface area contributed by atoms with Crippen LogP contribution in [0.3, 0.4) is 0 Å². The number of carbonyl (C=O) groups is 1. The number of hydrogen-bond acceptors (Lipinski definition) is 5. The van der Waals surface area contributed by atoms with Crippen LogP contribution in [0.1, 0.15) is 53.0 Å². The van der Waals surface area contributed by atoms with Crippen LogP contribution in [0, 0.1) is 0 Å². The summed E-state index contributed by atoms with van der Waals surface area (Å²) in [6.07, 6.45) is 3.33. The van der Waals surface area contributed by atoms with Crippen molar-refractivity contribution in [1.82, 2.24) is 5.32 Å². The van der Waals surface area contributed by atoms with Crippen molar-refractivity contribution in [2.45, 2.75) is 32.2 Å². The second-order valence-corrected chi connectivity index (χ2v) is 7.85. The first-order valence-electron chi connectivity index (χ1n) is 9.44. The average Bonchev–Trinajstić information content (AvgIpc) is 3.06. The molecule has 0 radical (unpaired) electrons. The predicted octanol–water partition coefficient (Wildman–Crippen LogP) is 5.05. The van der Waals surface area contributed by atoms with E-state index in [4.69, 9.17) is 4.74 Å². The fraction of sp³-hybridized carbons (Fsp3) is 0.318. The summed E-state index contributed by atoms with van der Waals surface area (Å²) in [5, 5.41) is 14.8. The van der Waals surface area contributed by atoms with Gasteiger partial charge in [0.2, 0.25) is 5.78 Å². The number of rotatable bonds is 5. The van der Waals surface area contributed by atoms with Crippen LogP contribution < -0.4 is 10.1 Å². The molecule has 1 aliphatic rings. The molecule has 2 heterocycles. The van der Waals surface area contributed by atoms with E-state index in [1.54, 1.807) is 6.07 Å². The third kappa shape index (κ3) is 3.45. The van der Waals surface area contributed by atoms with Crippen molar-refractivity contribution >= 4 is 27.2 Å². The van der Waals surface area contributed by atoms with Gasteiger partial charge in [-0.1, -0.05) is 36.8 Å². The molecule has 3 aromatic rings. The Morgan fingerprint density at radius 3 is 2.78 bits per heavy atom. The van der Waals surface area contributed by atoms with Gasteiger partial charge in [0.25, 0.3) is 0 Å². The van der Waals surface area contributed by atoms with Gasteiger partial charge in [0, 0.05) is 21.7 Å². The number of hydrogen-bond donors (Lipinski definition) is 2. The lowest BCUT2D eigenvalue weighted by Crippen LogP contribution is -2.26. The molecule has 1 saturated heterocycles. The van der Waals surface area contributed by atoms with E-state index in [2.05, 4.69) is 5.32 Å². The molecular weight excluding hydrogens is 358 g/mol. The van der Waals surface area contributed by atoms with E-state index >= 15 is 0 Å². The molecule has 0 aliphatic carbocycles. The Morgan fingerprint density at radius 1 is 1.26 bits per heavy atom. The molecule has 1 atom stereocenters. The summed E-state index contributed by atoms with van der Waals surface area (Å²) < 4.78 is 6.87. The summed E-state index contributed by atoms with van der Waals surface area (Å²) in [7, 11) is 0. The number of ketones is 1. The number of ether oxygens (including phenoxy) is 1. The summed E-state index contributed by atoms with van der Waals surface area (Å²) in [6, 6.07) is 13.0. The fourth-order valence-corrected chi connectivity index (χ4v) is 4.94. The van der Waals surface area contributed by atoms with Crippen molar-refractivity contribution in [3.63, 3.8) is 0 Å². The first kappa shape index (κ1) is 18.0. The Hall–Kier alpha value is -2.37. The maximum Gasteiger partial charge on any atom is 0.206 e. The van der Waals surface area contributed by atoms with E-state index in [9.17, 15) is 9.90 Å². The van der Waals surface area contributed by atoms with Gasteiger partial charge in [-0.25, -0.2) is 0 Å². The summed E-state index contributed by atoms with van der Waals surface area (Å²) in [4.78, 5) is 13.7. The van der Waals surface area contributed by atoms with Gasteiger partial charge in [0.1, 0.15) is 16.4 Å². The lowest BCUT2D eigenvalue weighted by Gasteiger charge is -2.25. The molecule has 0 bridgehead atoms. The maximum absolute atomic E-state index is 13.1. The Labute approximate surface area is 162 Å². The van der Waals surface area contributed by atoms with Crippen molar-refractivity contribution in [2.75, 3.05) is 13.2 Å². The zero-order chi connectivity index (χ0) is 18.8. The number of phenolic OH excluding ortho intramolecular Hbond substituents is 1. The largest absolute Gasteiger partial charge is 0.508 e. The zero-order valence-corrected chi connectivity index (χ0v) is 16.1. The van der Waals surface area contributed by atoms with Gasteiger partial charge in [-0.15, -0.1) is 11.3 Å². The molecule has 0 amide bonds. The molecule has 27 heavy (non-hydrogen) atoms. The Balaban J connectivity index is 1.90. The Kier molecular flexibility index (Phi) is 5.14. The van der Waals surface area contributed by atoms with Crippen LogP contribution in [0.5, 0.6) is 11.5 Å². The highest BCUT2D eigenvalue weighted by molar-refractivity contribution is 7.21. The minimum Gasteiger partial charge on any atom is -0.508 e. The van der Waals surface area contributed by atoms with Crippen LogP contribution in [0.2, 0.25) is 0 Å². The van der Waals surface area contributed by atoms with Gasteiger partial charge < -0.3 is 15.2 Å². The molecule has 1 aliphatic heterocycles. The van der Waals surface area contributed by atoms with E-state index in [0.29, 0.717) is 22.8 Å². The third-order valence-electron chi connectivity index (χ3n) is 4.98. The van der Waals surface area contributed by atoms with E-state index in [-0.39, 0.29) is 17.6 Å². The quantitative estimate of drug-likeness (QED) is 0.607. The van der Waals surface area contributed by atoms with Gasteiger partial charge in [-0.05, 0) is 44.0 Å². The molecule has 140 valence electrons. The van der Waals surface area contributed by atoms with Crippen molar-refractivity contribution in [2.24, 2.45) is 0 Å². The van der Waals surface area contributed by atoms with Crippen molar-refractivity contribution < 1.29 is 14.6 Å². The first-order chi connectivity index (χ1) is 13.2. The molecule has 2 N–H and O–H groups in total. The predicted molar refractivity (Wildman–Crippen MR) is 109 cm³/mol. The molecule has 4 nitrogen and oxygen atoms in total. The van der Waals surface area contributed by atoms with Gasteiger partial charge in [-0.2, -0.15) is 0 Å². The van der Waals surface area contributed by atoms with E-state index in [1.165, 1.54) is 11.3 Å². The van der Waals surface area contributed by atoms with Crippen LogP contribution in [0.4, 0.5) is 0 Å². The van der Waals surface area contributed by atoms with E-state index in [1.807, 2.05) is 43.3 Å². The second kappa shape index (κ2) is 7.71. The minimum atomic E-state index is -0.0395. The number of benzene rings is 2. The average molecular weight is 381 g/mol. The highest BCUT2D eigenvalue weighted by atomic mass is 32.1. The summed E-state index contributed by atoms with van der Waals surface area (Å²) in [6.45, 7) is 3.38. The SMILES string of the molecule is CCOc1c(C(=O)c2ccccc2)sc2cc(O)cc(C3CCCCN3)c12. The number of piperidine rings is 1. The van der Waals surface area contributed by atoms with Gasteiger partial charge in [0.05, 0.1) is 6.61 Å². The zero-order valence-electron chi connectivity index (χ0n) is 15.3. The molecule has 2 aromatic carbocycles. The van der Waals surface area contributed by atoms with Crippen LogP contribution in [0.15, 0.2) is 42.5 Å². The number of nitrogens with one attached hydrogen (secondary N) is 1. The highest BCUT2D eigenvalue weighted by Gasteiger charge is 2.26. The van der Waals surface area contributed by atoms with Gasteiger partial charge >= 0.3 is 0 Å². The number of thiophene rings is 1. The normalized spacial score (nSPS) is 17.1. The molecule has 1 aromatic heterocycles. The lowest BCUT2D eigenvalue weighted by atomic mass is 9.94. The minimum absolute atomic E-state index is 0.0395. The van der Waals surface area contributed by atoms with Crippen LogP contribution in [0.25, 0.3) is 10.1 Å². The van der Waals surface area contributed by atoms with E-state index < -0.39 is 0 Å². The van der Waals surface area contributed by atoms with Crippen molar-refractivity contribution in [3.05, 3.63) is 58.5 Å². The summed E-state index contributed by atoms with van der Waals surface area (Å²) in [5.41, 5.74) is 1.67. The smallest absolute Gasteiger partial charge is 0.206 e. The second-order valence-electron chi connectivity index (χ2n) is 6.80. The van der Waals surface area contributed by atoms with E-state index in [0.717, 1.165) is 41.5 Å². The molecule has 1 fully saturated rings. The summed E-state index contributed by atoms with van der Waals surface area (Å²) >= 11 is 1.40. The molecule has 0 saturated carbocycles.